The molecule has 0 spiro atoms. The predicted octanol–water partition coefficient (Wildman–Crippen LogP) is 1.48. The summed E-state index contributed by atoms with van der Waals surface area (Å²) in [5.41, 5.74) is 12.6. The molecule has 4 N–H and O–H groups in total. The molecule has 0 bridgehead atoms. The molecular formula is C15H23N3O2. The SMILES string of the molecule is CC(CC(=O)N(CC(N)=O)C(C)C)c1ccc(N)cc1. The zero-order valence-corrected chi connectivity index (χ0v) is 12.3. The topological polar surface area (TPSA) is 89.4 Å². The third kappa shape index (κ3) is 4.57. The molecule has 5 nitrogen and oxygen atoms in total. The summed E-state index contributed by atoms with van der Waals surface area (Å²) in [6.45, 7) is 5.68. The van der Waals surface area contributed by atoms with Crippen LogP contribution < -0.4 is 11.5 Å². The molecule has 20 heavy (non-hydrogen) atoms. The van der Waals surface area contributed by atoms with E-state index in [1.54, 1.807) is 0 Å². The fourth-order valence-corrected chi connectivity index (χ4v) is 2.05. The first-order valence-electron chi connectivity index (χ1n) is 6.74. The lowest BCUT2D eigenvalue weighted by molar-refractivity contribution is -0.137. The van der Waals surface area contributed by atoms with Gasteiger partial charge in [0.05, 0.1) is 6.54 Å². The van der Waals surface area contributed by atoms with Crippen molar-refractivity contribution < 1.29 is 9.59 Å². The van der Waals surface area contributed by atoms with Gasteiger partial charge in [-0.15, -0.1) is 0 Å². The van der Waals surface area contributed by atoms with Gasteiger partial charge in [-0.25, -0.2) is 0 Å². The molecule has 0 aliphatic rings. The Hall–Kier alpha value is -2.04. The zero-order valence-electron chi connectivity index (χ0n) is 12.3. The Morgan fingerprint density at radius 2 is 1.70 bits per heavy atom. The summed E-state index contributed by atoms with van der Waals surface area (Å²) in [6.07, 6.45) is 0.343. The normalized spacial score (nSPS) is 12.2. The molecule has 1 atom stereocenters. The van der Waals surface area contributed by atoms with Gasteiger partial charge in [-0.05, 0) is 37.5 Å². The number of hydrogen-bond acceptors (Lipinski definition) is 3. The smallest absolute Gasteiger partial charge is 0.237 e. The molecule has 0 saturated carbocycles. The van der Waals surface area contributed by atoms with Crippen LogP contribution in [0, 0.1) is 0 Å². The maximum atomic E-state index is 12.3. The highest BCUT2D eigenvalue weighted by Crippen LogP contribution is 2.21. The molecule has 0 radical (unpaired) electrons. The van der Waals surface area contributed by atoms with Gasteiger partial charge in [0.2, 0.25) is 11.8 Å². The number of nitrogen functional groups attached to an aromatic ring is 1. The number of anilines is 1. The van der Waals surface area contributed by atoms with Crippen LogP contribution >= 0.6 is 0 Å². The minimum Gasteiger partial charge on any atom is -0.399 e. The van der Waals surface area contributed by atoms with E-state index in [0.717, 1.165) is 5.56 Å². The van der Waals surface area contributed by atoms with Crippen LogP contribution in [-0.4, -0.2) is 29.3 Å². The maximum absolute atomic E-state index is 12.3. The van der Waals surface area contributed by atoms with E-state index >= 15 is 0 Å². The van der Waals surface area contributed by atoms with Crippen molar-refractivity contribution in [3.63, 3.8) is 0 Å². The molecule has 0 aliphatic carbocycles. The van der Waals surface area contributed by atoms with Gasteiger partial charge < -0.3 is 16.4 Å². The number of benzene rings is 1. The molecule has 0 aliphatic heterocycles. The Labute approximate surface area is 119 Å². The number of hydrogen-bond donors (Lipinski definition) is 2. The molecule has 0 aromatic heterocycles. The lowest BCUT2D eigenvalue weighted by atomic mass is 9.96. The lowest BCUT2D eigenvalue weighted by Gasteiger charge is -2.26. The standard InChI is InChI=1S/C15H23N3O2/c1-10(2)18(9-14(17)19)15(20)8-11(3)12-4-6-13(16)7-5-12/h4-7,10-11H,8-9,16H2,1-3H3,(H2,17,19). The minimum atomic E-state index is -0.493. The Morgan fingerprint density at radius 1 is 1.15 bits per heavy atom. The maximum Gasteiger partial charge on any atom is 0.237 e. The Morgan fingerprint density at radius 3 is 2.15 bits per heavy atom. The number of primary amides is 1. The van der Waals surface area contributed by atoms with Crippen molar-refractivity contribution >= 4 is 17.5 Å². The van der Waals surface area contributed by atoms with Crippen LogP contribution in [0.1, 0.15) is 38.7 Å². The van der Waals surface area contributed by atoms with Crippen molar-refractivity contribution in [2.75, 3.05) is 12.3 Å². The lowest BCUT2D eigenvalue weighted by Crippen LogP contribution is -2.43. The number of nitrogens with two attached hydrogens (primary N) is 2. The van der Waals surface area contributed by atoms with E-state index in [9.17, 15) is 9.59 Å². The van der Waals surface area contributed by atoms with E-state index < -0.39 is 5.91 Å². The predicted molar refractivity (Wildman–Crippen MR) is 79.9 cm³/mol. The van der Waals surface area contributed by atoms with Crippen LogP contribution in [0.5, 0.6) is 0 Å². The van der Waals surface area contributed by atoms with Gasteiger partial charge >= 0.3 is 0 Å². The first kappa shape index (κ1) is 16.0. The van der Waals surface area contributed by atoms with E-state index in [4.69, 9.17) is 11.5 Å². The number of carbonyl (C=O) groups excluding carboxylic acids is 2. The molecule has 5 heteroatoms. The molecule has 0 saturated heterocycles. The van der Waals surface area contributed by atoms with Crippen molar-refractivity contribution in [2.45, 2.75) is 39.2 Å². The minimum absolute atomic E-state index is 0.0367. The van der Waals surface area contributed by atoms with Crippen LogP contribution in [0.3, 0.4) is 0 Å². The average molecular weight is 277 g/mol. The number of rotatable bonds is 6. The van der Waals surface area contributed by atoms with Crippen LogP contribution in [0.15, 0.2) is 24.3 Å². The van der Waals surface area contributed by atoms with Crippen molar-refractivity contribution in [1.82, 2.24) is 4.90 Å². The third-order valence-electron chi connectivity index (χ3n) is 3.26. The van der Waals surface area contributed by atoms with Gasteiger partial charge in [0, 0.05) is 18.2 Å². The Balaban J connectivity index is 2.72. The van der Waals surface area contributed by atoms with Crippen LogP contribution in [0.2, 0.25) is 0 Å². The van der Waals surface area contributed by atoms with E-state index in [0.29, 0.717) is 12.1 Å². The number of nitrogens with zero attached hydrogens (tertiary/aromatic N) is 1. The second kappa shape index (κ2) is 6.93. The molecule has 1 aromatic rings. The molecule has 1 rings (SSSR count). The van der Waals surface area contributed by atoms with Crippen molar-refractivity contribution in [3.05, 3.63) is 29.8 Å². The molecule has 1 unspecified atom stereocenters. The van der Waals surface area contributed by atoms with Crippen molar-refractivity contribution in [1.29, 1.82) is 0 Å². The number of amides is 2. The van der Waals surface area contributed by atoms with Crippen LogP contribution in [-0.2, 0) is 9.59 Å². The third-order valence-corrected chi connectivity index (χ3v) is 3.26. The van der Waals surface area contributed by atoms with Crippen molar-refractivity contribution in [2.24, 2.45) is 5.73 Å². The van der Waals surface area contributed by atoms with Gasteiger partial charge in [-0.2, -0.15) is 0 Å². The summed E-state index contributed by atoms with van der Waals surface area (Å²) in [5.74, 6) is -0.493. The van der Waals surface area contributed by atoms with Gasteiger partial charge in [0.15, 0.2) is 0 Å². The summed E-state index contributed by atoms with van der Waals surface area (Å²) in [5, 5.41) is 0. The van der Waals surface area contributed by atoms with E-state index in [2.05, 4.69) is 0 Å². The first-order valence-corrected chi connectivity index (χ1v) is 6.74. The highest BCUT2D eigenvalue weighted by Gasteiger charge is 2.21. The average Bonchev–Trinajstić information content (AvgIpc) is 2.35. The van der Waals surface area contributed by atoms with Gasteiger partial charge in [0.25, 0.3) is 0 Å². The highest BCUT2D eigenvalue weighted by atomic mass is 16.2. The monoisotopic (exact) mass is 277 g/mol. The highest BCUT2D eigenvalue weighted by molar-refractivity contribution is 5.84. The summed E-state index contributed by atoms with van der Waals surface area (Å²) in [6, 6.07) is 7.43. The second-order valence-electron chi connectivity index (χ2n) is 5.35. The fraction of sp³-hybridized carbons (Fsp3) is 0.467. The summed E-state index contributed by atoms with van der Waals surface area (Å²) >= 11 is 0. The molecule has 1 aromatic carbocycles. The van der Waals surface area contributed by atoms with Gasteiger partial charge in [0.1, 0.15) is 0 Å². The Kier molecular flexibility index (Phi) is 5.55. The molecule has 2 amide bonds. The summed E-state index contributed by atoms with van der Waals surface area (Å²) in [4.78, 5) is 24.8. The van der Waals surface area contributed by atoms with Gasteiger partial charge in [-0.1, -0.05) is 19.1 Å². The van der Waals surface area contributed by atoms with E-state index in [1.165, 1.54) is 4.90 Å². The van der Waals surface area contributed by atoms with E-state index in [-0.39, 0.29) is 24.4 Å². The first-order chi connectivity index (χ1) is 9.31. The van der Waals surface area contributed by atoms with Crippen LogP contribution in [0.25, 0.3) is 0 Å². The summed E-state index contributed by atoms with van der Waals surface area (Å²) < 4.78 is 0. The fourth-order valence-electron chi connectivity index (χ4n) is 2.05. The molecule has 0 fully saturated rings. The van der Waals surface area contributed by atoms with Gasteiger partial charge in [-0.3, -0.25) is 9.59 Å². The van der Waals surface area contributed by atoms with Crippen LogP contribution in [0.4, 0.5) is 5.69 Å². The largest absolute Gasteiger partial charge is 0.399 e. The van der Waals surface area contributed by atoms with Crippen molar-refractivity contribution in [3.8, 4) is 0 Å². The Bertz CT molecular complexity index is 469. The number of carbonyl (C=O) groups is 2. The second-order valence-corrected chi connectivity index (χ2v) is 5.35. The summed E-state index contributed by atoms with van der Waals surface area (Å²) in [7, 11) is 0. The zero-order chi connectivity index (χ0) is 15.3. The molecular weight excluding hydrogens is 254 g/mol. The van der Waals surface area contributed by atoms with E-state index in [1.807, 2.05) is 45.0 Å². The molecule has 110 valence electrons. The quantitative estimate of drug-likeness (QED) is 0.772. The molecule has 0 heterocycles.